The Bertz CT molecular complexity index is 248. The molecule has 0 bridgehead atoms. The third-order valence-electron chi connectivity index (χ3n) is 2.06. The fourth-order valence-electron chi connectivity index (χ4n) is 1.36. The number of benzene rings is 1. The van der Waals surface area contributed by atoms with Crippen molar-refractivity contribution >= 4 is 0 Å². The van der Waals surface area contributed by atoms with Gasteiger partial charge >= 0.3 is 0 Å². The van der Waals surface area contributed by atoms with Crippen molar-refractivity contribution in [3.05, 3.63) is 35.4 Å². The van der Waals surface area contributed by atoms with Crippen LogP contribution in [0.25, 0.3) is 0 Å². The zero-order chi connectivity index (χ0) is 9.52. The molecule has 13 heavy (non-hydrogen) atoms. The van der Waals surface area contributed by atoms with Crippen molar-refractivity contribution in [2.75, 3.05) is 20.7 Å². The van der Waals surface area contributed by atoms with Gasteiger partial charge in [0.15, 0.2) is 0 Å². The van der Waals surface area contributed by atoms with E-state index in [9.17, 15) is 0 Å². The van der Waals surface area contributed by atoms with E-state index in [0.29, 0.717) is 6.61 Å². The first-order valence-electron chi connectivity index (χ1n) is 4.58. The van der Waals surface area contributed by atoms with Gasteiger partial charge in [-0.3, -0.25) is 0 Å². The van der Waals surface area contributed by atoms with E-state index in [1.807, 2.05) is 7.05 Å². The SMILES string of the molecule is CNCCc1ccccc1COC. The number of hydrogen-bond acceptors (Lipinski definition) is 2. The van der Waals surface area contributed by atoms with E-state index in [4.69, 9.17) is 4.74 Å². The molecule has 0 saturated heterocycles. The van der Waals surface area contributed by atoms with E-state index in [-0.39, 0.29) is 0 Å². The summed E-state index contributed by atoms with van der Waals surface area (Å²) in [5.41, 5.74) is 2.67. The van der Waals surface area contributed by atoms with Crippen LogP contribution < -0.4 is 5.32 Å². The predicted octanol–water partition coefficient (Wildman–Crippen LogP) is 1.59. The minimum absolute atomic E-state index is 0.708. The van der Waals surface area contributed by atoms with Gasteiger partial charge in [0.05, 0.1) is 6.61 Å². The van der Waals surface area contributed by atoms with E-state index in [1.54, 1.807) is 7.11 Å². The molecule has 2 nitrogen and oxygen atoms in total. The molecular formula is C11H17NO. The molecule has 0 aromatic heterocycles. The number of ether oxygens (including phenoxy) is 1. The Hall–Kier alpha value is -0.860. The molecule has 0 amide bonds. The maximum atomic E-state index is 5.13. The molecule has 0 fully saturated rings. The molecule has 1 rings (SSSR count). The summed E-state index contributed by atoms with van der Waals surface area (Å²) in [6, 6.07) is 8.40. The average molecular weight is 179 g/mol. The first kappa shape index (κ1) is 10.2. The van der Waals surface area contributed by atoms with Crippen LogP contribution in [0.15, 0.2) is 24.3 Å². The maximum Gasteiger partial charge on any atom is 0.0715 e. The predicted molar refractivity (Wildman–Crippen MR) is 54.8 cm³/mol. The zero-order valence-electron chi connectivity index (χ0n) is 8.34. The molecule has 1 aromatic rings. The molecule has 0 spiro atoms. The number of rotatable bonds is 5. The molecule has 0 aliphatic heterocycles. The van der Waals surface area contributed by atoms with Crippen molar-refractivity contribution in [2.24, 2.45) is 0 Å². The molecule has 0 radical (unpaired) electrons. The minimum atomic E-state index is 0.708. The molecule has 1 aromatic carbocycles. The van der Waals surface area contributed by atoms with Crippen LogP contribution in [0.4, 0.5) is 0 Å². The summed E-state index contributed by atoms with van der Waals surface area (Å²) in [6.45, 7) is 1.72. The van der Waals surface area contributed by atoms with Crippen molar-refractivity contribution in [1.29, 1.82) is 0 Å². The summed E-state index contributed by atoms with van der Waals surface area (Å²) in [5, 5.41) is 3.14. The molecule has 0 unspecified atom stereocenters. The van der Waals surface area contributed by atoms with E-state index >= 15 is 0 Å². The van der Waals surface area contributed by atoms with Gasteiger partial charge in [0.25, 0.3) is 0 Å². The van der Waals surface area contributed by atoms with Gasteiger partial charge in [0.1, 0.15) is 0 Å². The fourth-order valence-corrected chi connectivity index (χ4v) is 1.36. The molecule has 0 aliphatic rings. The van der Waals surface area contributed by atoms with E-state index < -0.39 is 0 Å². The Morgan fingerprint density at radius 3 is 2.54 bits per heavy atom. The van der Waals surface area contributed by atoms with Crippen LogP contribution in [-0.2, 0) is 17.8 Å². The summed E-state index contributed by atoms with van der Waals surface area (Å²) in [7, 11) is 3.70. The fraction of sp³-hybridized carbons (Fsp3) is 0.455. The van der Waals surface area contributed by atoms with Gasteiger partial charge < -0.3 is 10.1 Å². The molecular weight excluding hydrogens is 162 g/mol. The van der Waals surface area contributed by atoms with E-state index in [2.05, 4.69) is 29.6 Å². The number of nitrogens with one attached hydrogen (secondary N) is 1. The first-order chi connectivity index (χ1) is 6.38. The third kappa shape index (κ3) is 3.17. The molecule has 0 aliphatic carbocycles. The highest BCUT2D eigenvalue weighted by atomic mass is 16.5. The first-order valence-corrected chi connectivity index (χ1v) is 4.58. The summed E-state index contributed by atoms with van der Waals surface area (Å²) < 4.78 is 5.13. The van der Waals surface area contributed by atoms with Crippen LogP contribution in [-0.4, -0.2) is 20.7 Å². The van der Waals surface area contributed by atoms with E-state index in [1.165, 1.54) is 11.1 Å². The van der Waals surface area contributed by atoms with Gasteiger partial charge in [0, 0.05) is 7.11 Å². The Morgan fingerprint density at radius 1 is 1.23 bits per heavy atom. The molecule has 0 saturated carbocycles. The van der Waals surface area contributed by atoms with Crippen LogP contribution in [0.2, 0.25) is 0 Å². The second kappa shape index (κ2) is 5.73. The van der Waals surface area contributed by atoms with Crippen LogP contribution in [0.5, 0.6) is 0 Å². The van der Waals surface area contributed by atoms with Crippen molar-refractivity contribution in [1.82, 2.24) is 5.32 Å². The number of likely N-dealkylation sites (N-methyl/N-ethyl adjacent to an activating group) is 1. The Morgan fingerprint density at radius 2 is 1.92 bits per heavy atom. The van der Waals surface area contributed by atoms with Gasteiger partial charge in [0.2, 0.25) is 0 Å². The van der Waals surface area contributed by atoms with Gasteiger partial charge in [-0.2, -0.15) is 0 Å². The molecule has 0 heterocycles. The Balaban J connectivity index is 2.66. The lowest BCUT2D eigenvalue weighted by atomic mass is 10.1. The van der Waals surface area contributed by atoms with Gasteiger partial charge in [-0.25, -0.2) is 0 Å². The van der Waals surface area contributed by atoms with Gasteiger partial charge in [-0.15, -0.1) is 0 Å². The van der Waals surface area contributed by atoms with Crippen LogP contribution in [0.1, 0.15) is 11.1 Å². The monoisotopic (exact) mass is 179 g/mol. The zero-order valence-corrected chi connectivity index (χ0v) is 8.34. The lowest BCUT2D eigenvalue weighted by molar-refractivity contribution is 0.184. The van der Waals surface area contributed by atoms with Crippen LogP contribution in [0.3, 0.4) is 0 Å². The largest absolute Gasteiger partial charge is 0.380 e. The number of hydrogen-bond donors (Lipinski definition) is 1. The topological polar surface area (TPSA) is 21.3 Å². The Kier molecular flexibility index (Phi) is 4.50. The van der Waals surface area contributed by atoms with Crippen molar-refractivity contribution in [3.8, 4) is 0 Å². The third-order valence-corrected chi connectivity index (χ3v) is 2.06. The van der Waals surface area contributed by atoms with Crippen molar-refractivity contribution in [3.63, 3.8) is 0 Å². The second-order valence-corrected chi connectivity index (χ2v) is 3.06. The lowest BCUT2D eigenvalue weighted by Crippen LogP contribution is -2.11. The molecule has 72 valence electrons. The van der Waals surface area contributed by atoms with Crippen molar-refractivity contribution < 1.29 is 4.74 Å². The second-order valence-electron chi connectivity index (χ2n) is 3.06. The van der Waals surface area contributed by atoms with E-state index in [0.717, 1.165) is 13.0 Å². The average Bonchev–Trinajstić information content (AvgIpc) is 2.17. The standard InChI is InChI=1S/C11H17NO/c1-12-8-7-10-5-3-4-6-11(10)9-13-2/h3-6,12H,7-9H2,1-2H3. The molecule has 2 heteroatoms. The molecule has 0 atom stereocenters. The highest BCUT2D eigenvalue weighted by Gasteiger charge is 1.99. The highest BCUT2D eigenvalue weighted by Crippen LogP contribution is 2.09. The van der Waals surface area contributed by atoms with Gasteiger partial charge in [-0.1, -0.05) is 24.3 Å². The molecule has 1 N–H and O–H groups in total. The minimum Gasteiger partial charge on any atom is -0.380 e. The number of methoxy groups -OCH3 is 1. The normalized spacial score (nSPS) is 10.3. The van der Waals surface area contributed by atoms with Crippen LogP contribution in [0, 0.1) is 0 Å². The quantitative estimate of drug-likeness (QED) is 0.741. The maximum absolute atomic E-state index is 5.13. The summed E-state index contributed by atoms with van der Waals surface area (Å²) in [5.74, 6) is 0. The summed E-state index contributed by atoms with van der Waals surface area (Å²) >= 11 is 0. The summed E-state index contributed by atoms with van der Waals surface area (Å²) in [6.07, 6.45) is 1.07. The highest BCUT2D eigenvalue weighted by molar-refractivity contribution is 5.26. The van der Waals surface area contributed by atoms with Crippen molar-refractivity contribution in [2.45, 2.75) is 13.0 Å². The Labute approximate surface area is 79.9 Å². The summed E-state index contributed by atoms with van der Waals surface area (Å²) in [4.78, 5) is 0. The smallest absolute Gasteiger partial charge is 0.0715 e. The van der Waals surface area contributed by atoms with Crippen LogP contribution >= 0.6 is 0 Å². The lowest BCUT2D eigenvalue weighted by Gasteiger charge is -2.07. The van der Waals surface area contributed by atoms with Gasteiger partial charge in [-0.05, 0) is 31.1 Å².